The number of nitrogens with zero attached hydrogens (tertiary/aromatic N) is 3. The van der Waals surface area contributed by atoms with Gasteiger partial charge in [0, 0.05) is 44.5 Å². The van der Waals surface area contributed by atoms with Crippen LogP contribution in [0.15, 0.2) is 48.8 Å². The van der Waals surface area contributed by atoms with Gasteiger partial charge in [-0.1, -0.05) is 19.1 Å². The number of benzene rings is 1. The lowest BCUT2D eigenvalue weighted by Crippen LogP contribution is -2.51. The number of rotatable bonds is 6. The molecule has 2 aromatic rings. The van der Waals surface area contributed by atoms with Crippen molar-refractivity contribution in [3.63, 3.8) is 0 Å². The molecular weight excluding hydrogens is 376 g/mol. The highest BCUT2D eigenvalue weighted by Gasteiger charge is 2.31. The van der Waals surface area contributed by atoms with E-state index in [4.69, 9.17) is 0 Å². The minimum Gasteiger partial charge on any atom is -0.343 e. The molecule has 4 rings (SSSR count). The summed E-state index contributed by atoms with van der Waals surface area (Å²) in [7, 11) is 0. The van der Waals surface area contributed by atoms with Gasteiger partial charge in [0.05, 0.1) is 17.8 Å². The Morgan fingerprint density at radius 2 is 1.83 bits per heavy atom. The molecule has 0 bridgehead atoms. The van der Waals surface area contributed by atoms with Crippen LogP contribution in [0, 0.1) is 5.92 Å². The van der Waals surface area contributed by atoms with Crippen molar-refractivity contribution in [1.82, 2.24) is 15.2 Å². The molecule has 30 heavy (non-hydrogen) atoms. The van der Waals surface area contributed by atoms with Gasteiger partial charge < -0.3 is 10.2 Å². The SMILES string of the molecule is CCCC(=O)N1CCC(c2ccc(N(C(=O)C3CNC3)c3cccnc3)cc2)CC1. The van der Waals surface area contributed by atoms with Crippen molar-refractivity contribution in [2.24, 2.45) is 5.92 Å². The number of hydrogen-bond donors (Lipinski definition) is 1. The summed E-state index contributed by atoms with van der Waals surface area (Å²) in [5.41, 5.74) is 2.95. The Hall–Kier alpha value is -2.73. The number of piperidine rings is 1. The highest BCUT2D eigenvalue weighted by atomic mass is 16.2. The van der Waals surface area contributed by atoms with E-state index < -0.39 is 0 Å². The summed E-state index contributed by atoms with van der Waals surface area (Å²) in [6.45, 7) is 5.17. The van der Waals surface area contributed by atoms with Crippen LogP contribution < -0.4 is 10.2 Å². The first kappa shape index (κ1) is 20.5. The van der Waals surface area contributed by atoms with Gasteiger partial charge in [-0.05, 0) is 55.0 Å². The second-order valence-corrected chi connectivity index (χ2v) is 8.24. The Labute approximate surface area is 178 Å². The van der Waals surface area contributed by atoms with E-state index in [9.17, 15) is 9.59 Å². The van der Waals surface area contributed by atoms with E-state index >= 15 is 0 Å². The van der Waals surface area contributed by atoms with Gasteiger partial charge in [0.15, 0.2) is 0 Å². The molecule has 2 saturated heterocycles. The summed E-state index contributed by atoms with van der Waals surface area (Å²) in [5.74, 6) is 0.859. The first-order chi connectivity index (χ1) is 14.7. The molecule has 1 aromatic carbocycles. The fraction of sp³-hybridized carbons (Fsp3) is 0.458. The first-order valence-corrected chi connectivity index (χ1v) is 11.0. The number of hydrogen-bond acceptors (Lipinski definition) is 4. The average Bonchev–Trinajstić information content (AvgIpc) is 2.74. The summed E-state index contributed by atoms with van der Waals surface area (Å²) in [4.78, 5) is 33.2. The first-order valence-electron chi connectivity index (χ1n) is 11.0. The molecule has 6 nitrogen and oxygen atoms in total. The van der Waals surface area contributed by atoms with Crippen LogP contribution in [0.5, 0.6) is 0 Å². The maximum Gasteiger partial charge on any atom is 0.237 e. The quantitative estimate of drug-likeness (QED) is 0.798. The van der Waals surface area contributed by atoms with Gasteiger partial charge in [-0.3, -0.25) is 19.5 Å². The van der Waals surface area contributed by atoms with Crippen LogP contribution in [-0.4, -0.2) is 47.9 Å². The second kappa shape index (κ2) is 9.39. The number of aromatic nitrogens is 1. The number of carbonyl (C=O) groups excluding carboxylic acids is 2. The van der Waals surface area contributed by atoms with E-state index in [-0.39, 0.29) is 17.7 Å². The van der Waals surface area contributed by atoms with Crippen molar-refractivity contribution in [2.75, 3.05) is 31.1 Å². The van der Waals surface area contributed by atoms with Crippen molar-refractivity contribution < 1.29 is 9.59 Å². The van der Waals surface area contributed by atoms with E-state index in [1.807, 2.05) is 36.1 Å². The van der Waals surface area contributed by atoms with Gasteiger partial charge in [-0.15, -0.1) is 0 Å². The zero-order valence-corrected chi connectivity index (χ0v) is 17.6. The molecule has 1 aromatic heterocycles. The Balaban J connectivity index is 1.47. The van der Waals surface area contributed by atoms with Crippen LogP contribution in [0.3, 0.4) is 0 Å². The van der Waals surface area contributed by atoms with E-state index in [1.54, 1.807) is 17.3 Å². The Morgan fingerprint density at radius 3 is 2.40 bits per heavy atom. The molecule has 1 N–H and O–H groups in total. The van der Waals surface area contributed by atoms with Gasteiger partial charge in [0.2, 0.25) is 11.8 Å². The predicted molar refractivity (Wildman–Crippen MR) is 118 cm³/mol. The van der Waals surface area contributed by atoms with E-state index in [1.165, 1.54) is 5.56 Å². The molecule has 0 radical (unpaired) electrons. The van der Waals surface area contributed by atoms with E-state index in [2.05, 4.69) is 22.4 Å². The minimum absolute atomic E-state index is 0.00914. The molecule has 0 spiro atoms. The molecule has 2 amide bonds. The molecule has 2 fully saturated rings. The molecule has 0 saturated carbocycles. The number of carbonyl (C=O) groups is 2. The monoisotopic (exact) mass is 406 g/mol. The highest BCUT2D eigenvalue weighted by Crippen LogP contribution is 2.32. The fourth-order valence-corrected chi connectivity index (χ4v) is 4.27. The van der Waals surface area contributed by atoms with Crippen molar-refractivity contribution in [1.29, 1.82) is 0 Å². The molecule has 0 aliphatic carbocycles. The lowest BCUT2D eigenvalue weighted by Gasteiger charge is -2.33. The normalized spacial score (nSPS) is 17.4. The highest BCUT2D eigenvalue weighted by molar-refractivity contribution is 6.02. The Bertz CT molecular complexity index is 857. The zero-order valence-electron chi connectivity index (χ0n) is 17.6. The van der Waals surface area contributed by atoms with Crippen molar-refractivity contribution in [2.45, 2.75) is 38.5 Å². The summed E-state index contributed by atoms with van der Waals surface area (Å²) in [5, 5.41) is 3.18. The minimum atomic E-state index is 0.00914. The molecule has 2 aliphatic rings. The summed E-state index contributed by atoms with van der Waals surface area (Å²) in [6, 6.07) is 12.1. The third-order valence-corrected chi connectivity index (χ3v) is 6.19. The lowest BCUT2D eigenvalue weighted by atomic mass is 9.89. The average molecular weight is 407 g/mol. The third-order valence-electron chi connectivity index (χ3n) is 6.19. The van der Waals surface area contributed by atoms with Crippen LogP contribution in [0.25, 0.3) is 0 Å². The van der Waals surface area contributed by atoms with Crippen LogP contribution in [0.4, 0.5) is 11.4 Å². The van der Waals surface area contributed by atoms with E-state index in [0.29, 0.717) is 12.3 Å². The van der Waals surface area contributed by atoms with Crippen molar-refractivity contribution in [3.05, 3.63) is 54.4 Å². The second-order valence-electron chi connectivity index (χ2n) is 8.24. The van der Waals surface area contributed by atoms with Gasteiger partial charge >= 0.3 is 0 Å². The molecule has 0 atom stereocenters. The zero-order chi connectivity index (χ0) is 20.9. The fourth-order valence-electron chi connectivity index (χ4n) is 4.27. The summed E-state index contributed by atoms with van der Waals surface area (Å²) >= 11 is 0. The molecular formula is C24H30N4O2. The summed E-state index contributed by atoms with van der Waals surface area (Å²) < 4.78 is 0. The third kappa shape index (κ3) is 4.38. The Morgan fingerprint density at radius 1 is 1.10 bits per heavy atom. The maximum absolute atomic E-state index is 13.1. The topological polar surface area (TPSA) is 65.5 Å². The van der Waals surface area contributed by atoms with Crippen LogP contribution >= 0.6 is 0 Å². The number of nitrogens with one attached hydrogen (secondary N) is 1. The van der Waals surface area contributed by atoms with Gasteiger partial charge in [-0.2, -0.15) is 0 Å². The van der Waals surface area contributed by atoms with Crippen LogP contribution in [0.1, 0.15) is 44.1 Å². The summed E-state index contributed by atoms with van der Waals surface area (Å²) in [6.07, 6.45) is 7.00. The number of amides is 2. The Kier molecular flexibility index (Phi) is 6.43. The van der Waals surface area contributed by atoms with Crippen LogP contribution in [0.2, 0.25) is 0 Å². The largest absolute Gasteiger partial charge is 0.343 e. The molecule has 2 aliphatic heterocycles. The van der Waals surface area contributed by atoms with Crippen molar-refractivity contribution >= 4 is 23.2 Å². The molecule has 3 heterocycles. The predicted octanol–water partition coefficient (Wildman–Crippen LogP) is 3.47. The lowest BCUT2D eigenvalue weighted by molar-refractivity contribution is -0.132. The van der Waals surface area contributed by atoms with Gasteiger partial charge in [0.25, 0.3) is 0 Å². The molecule has 158 valence electrons. The number of pyridine rings is 1. The van der Waals surface area contributed by atoms with E-state index in [0.717, 1.165) is 56.8 Å². The smallest absolute Gasteiger partial charge is 0.237 e. The molecule has 0 unspecified atom stereocenters. The number of anilines is 2. The number of likely N-dealkylation sites (tertiary alicyclic amines) is 1. The molecule has 6 heteroatoms. The van der Waals surface area contributed by atoms with Gasteiger partial charge in [0.1, 0.15) is 0 Å². The maximum atomic E-state index is 13.1. The van der Waals surface area contributed by atoms with Crippen molar-refractivity contribution in [3.8, 4) is 0 Å². The standard InChI is InChI=1S/C24H30N4O2/c1-2-4-23(29)27-13-10-19(11-14-27)18-6-8-21(9-7-18)28(22-5-3-12-25-17-22)24(30)20-15-26-16-20/h3,5-9,12,17,19-20,26H,2,4,10-11,13-16H2,1H3. The van der Waals surface area contributed by atoms with Crippen LogP contribution in [-0.2, 0) is 9.59 Å². The van der Waals surface area contributed by atoms with Gasteiger partial charge in [-0.25, -0.2) is 0 Å².